The summed E-state index contributed by atoms with van der Waals surface area (Å²) in [6.45, 7) is 5.95. The van der Waals surface area contributed by atoms with E-state index in [4.69, 9.17) is 4.74 Å². The molecule has 0 amide bonds. The Kier molecular flexibility index (Phi) is 2.09. The summed E-state index contributed by atoms with van der Waals surface area (Å²) in [5, 5.41) is 0. The second kappa shape index (κ2) is 3.25. The van der Waals surface area contributed by atoms with Crippen LogP contribution in [0.1, 0.15) is 18.9 Å². The molecule has 1 aromatic rings. The molecule has 0 N–H and O–H groups in total. The highest BCUT2D eigenvalue weighted by atomic mass is 16.5. The van der Waals surface area contributed by atoms with Crippen LogP contribution in [0.3, 0.4) is 0 Å². The Morgan fingerprint density at radius 1 is 1.46 bits per heavy atom. The fourth-order valence-electron chi connectivity index (χ4n) is 1.67. The van der Waals surface area contributed by atoms with Gasteiger partial charge in [0.05, 0.1) is 0 Å². The summed E-state index contributed by atoms with van der Waals surface area (Å²) in [4.78, 5) is 0. The summed E-state index contributed by atoms with van der Waals surface area (Å²) in [6, 6.07) is 8.23. The van der Waals surface area contributed by atoms with Crippen LogP contribution in [0.2, 0.25) is 0 Å². The first-order chi connectivity index (χ1) is 6.27. The summed E-state index contributed by atoms with van der Waals surface area (Å²) < 4.78 is 5.79. The molecule has 13 heavy (non-hydrogen) atoms. The number of rotatable bonds is 1. The van der Waals surface area contributed by atoms with E-state index in [9.17, 15) is 0 Å². The predicted octanol–water partition coefficient (Wildman–Crippen LogP) is 2.96. The smallest absolute Gasteiger partial charge is 0.123 e. The zero-order chi connectivity index (χ0) is 9.26. The molecule has 2 rings (SSSR count). The van der Waals surface area contributed by atoms with Gasteiger partial charge in [-0.2, -0.15) is 0 Å². The number of ether oxygens (including phenoxy) is 1. The highest BCUT2D eigenvalue weighted by molar-refractivity contribution is 5.36. The highest BCUT2D eigenvalue weighted by Crippen LogP contribution is 2.28. The van der Waals surface area contributed by atoms with E-state index in [0.29, 0.717) is 0 Å². The molecular formula is C12H14O. The van der Waals surface area contributed by atoms with Gasteiger partial charge in [0.25, 0.3) is 0 Å². The Balaban J connectivity index is 2.24. The lowest BCUT2D eigenvalue weighted by molar-refractivity contribution is 0.208. The molecule has 0 radical (unpaired) electrons. The number of para-hydroxylation sites is 1. The van der Waals surface area contributed by atoms with Crippen LogP contribution in [-0.4, -0.2) is 6.10 Å². The maximum Gasteiger partial charge on any atom is 0.123 e. The van der Waals surface area contributed by atoms with Gasteiger partial charge >= 0.3 is 0 Å². The molecule has 1 atom stereocenters. The Labute approximate surface area is 79.0 Å². The van der Waals surface area contributed by atoms with Crippen LogP contribution < -0.4 is 4.74 Å². The first kappa shape index (κ1) is 8.36. The van der Waals surface area contributed by atoms with Gasteiger partial charge in [0.1, 0.15) is 11.9 Å². The number of benzene rings is 1. The zero-order valence-electron chi connectivity index (χ0n) is 7.92. The van der Waals surface area contributed by atoms with E-state index in [-0.39, 0.29) is 6.10 Å². The molecule has 0 bridgehead atoms. The third-order valence-electron chi connectivity index (χ3n) is 2.47. The highest BCUT2D eigenvalue weighted by Gasteiger charge is 2.18. The van der Waals surface area contributed by atoms with Crippen LogP contribution in [0.5, 0.6) is 5.75 Å². The maximum atomic E-state index is 5.79. The molecule has 0 fully saturated rings. The number of fused-ring (bicyclic) bond motifs is 1. The van der Waals surface area contributed by atoms with Crippen molar-refractivity contribution >= 4 is 0 Å². The van der Waals surface area contributed by atoms with Crippen LogP contribution in [0, 0.1) is 0 Å². The van der Waals surface area contributed by atoms with E-state index >= 15 is 0 Å². The minimum Gasteiger partial charge on any atom is -0.486 e. The average Bonchev–Trinajstić information content (AvgIpc) is 2.17. The van der Waals surface area contributed by atoms with Crippen molar-refractivity contribution in [3.8, 4) is 5.75 Å². The lowest BCUT2D eigenvalue weighted by Gasteiger charge is -2.26. The summed E-state index contributed by atoms with van der Waals surface area (Å²) in [6.07, 6.45) is 2.38. The van der Waals surface area contributed by atoms with Crippen molar-refractivity contribution in [1.29, 1.82) is 0 Å². The molecule has 68 valence electrons. The molecule has 1 aliphatic heterocycles. The molecule has 0 spiro atoms. The largest absolute Gasteiger partial charge is 0.486 e. The van der Waals surface area contributed by atoms with Gasteiger partial charge in [0.2, 0.25) is 0 Å². The predicted molar refractivity (Wildman–Crippen MR) is 54.0 cm³/mol. The third-order valence-corrected chi connectivity index (χ3v) is 2.47. The SMILES string of the molecule is C=C(C)[C@H]1CCc2ccccc2O1. The Morgan fingerprint density at radius 3 is 3.00 bits per heavy atom. The monoisotopic (exact) mass is 174 g/mol. The van der Waals surface area contributed by atoms with Gasteiger partial charge in [-0.15, -0.1) is 0 Å². The van der Waals surface area contributed by atoms with Gasteiger partial charge in [-0.3, -0.25) is 0 Å². The Hall–Kier alpha value is -1.24. The van der Waals surface area contributed by atoms with Crippen LogP contribution in [0.25, 0.3) is 0 Å². The minimum absolute atomic E-state index is 0.217. The minimum atomic E-state index is 0.217. The topological polar surface area (TPSA) is 9.23 Å². The van der Waals surface area contributed by atoms with Crippen molar-refractivity contribution in [2.75, 3.05) is 0 Å². The van der Waals surface area contributed by atoms with Crippen molar-refractivity contribution in [3.63, 3.8) is 0 Å². The van der Waals surface area contributed by atoms with E-state index in [2.05, 4.69) is 18.7 Å². The molecule has 1 aliphatic rings. The molecule has 0 saturated carbocycles. The molecule has 1 nitrogen and oxygen atoms in total. The molecule has 0 aromatic heterocycles. The van der Waals surface area contributed by atoms with E-state index in [1.165, 1.54) is 5.56 Å². The molecule has 0 saturated heterocycles. The van der Waals surface area contributed by atoms with Crippen LogP contribution in [0.4, 0.5) is 0 Å². The first-order valence-corrected chi connectivity index (χ1v) is 4.67. The van der Waals surface area contributed by atoms with Crippen LogP contribution in [0.15, 0.2) is 36.4 Å². The van der Waals surface area contributed by atoms with Gasteiger partial charge in [0, 0.05) is 0 Å². The molecule has 1 heteroatoms. The van der Waals surface area contributed by atoms with Crippen LogP contribution >= 0.6 is 0 Å². The normalized spacial score (nSPS) is 20.2. The summed E-state index contributed by atoms with van der Waals surface area (Å²) >= 11 is 0. The van der Waals surface area contributed by atoms with Gasteiger partial charge in [0.15, 0.2) is 0 Å². The maximum absolute atomic E-state index is 5.79. The lowest BCUT2D eigenvalue weighted by Crippen LogP contribution is -2.23. The second-order valence-electron chi connectivity index (χ2n) is 3.60. The number of hydrogen-bond donors (Lipinski definition) is 0. The van der Waals surface area contributed by atoms with Crippen molar-refractivity contribution in [2.24, 2.45) is 0 Å². The second-order valence-corrected chi connectivity index (χ2v) is 3.60. The van der Waals surface area contributed by atoms with Crippen LogP contribution in [-0.2, 0) is 6.42 Å². The van der Waals surface area contributed by atoms with Gasteiger partial charge in [-0.05, 0) is 37.0 Å². The van der Waals surface area contributed by atoms with Crippen molar-refractivity contribution in [3.05, 3.63) is 42.0 Å². The zero-order valence-corrected chi connectivity index (χ0v) is 7.92. The first-order valence-electron chi connectivity index (χ1n) is 4.67. The van der Waals surface area contributed by atoms with Gasteiger partial charge < -0.3 is 4.74 Å². The van der Waals surface area contributed by atoms with Gasteiger partial charge in [-0.25, -0.2) is 0 Å². The van der Waals surface area contributed by atoms with E-state index in [1.54, 1.807) is 0 Å². The Bertz CT molecular complexity index is 328. The van der Waals surface area contributed by atoms with E-state index in [0.717, 1.165) is 24.2 Å². The van der Waals surface area contributed by atoms with E-state index < -0.39 is 0 Å². The molecule has 0 unspecified atom stereocenters. The third kappa shape index (κ3) is 1.59. The Morgan fingerprint density at radius 2 is 2.23 bits per heavy atom. The quantitative estimate of drug-likeness (QED) is 0.595. The summed E-state index contributed by atoms with van der Waals surface area (Å²) in [5.74, 6) is 1.03. The lowest BCUT2D eigenvalue weighted by atomic mass is 9.99. The fourth-order valence-corrected chi connectivity index (χ4v) is 1.67. The fraction of sp³-hybridized carbons (Fsp3) is 0.333. The molecule has 1 aromatic carbocycles. The summed E-state index contributed by atoms with van der Waals surface area (Å²) in [7, 11) is 0. The number of hydrogen-bond acceptors (Lipinski definition) is 1. The number of aryl methyl sites for hydroxylation is 1. The molecular weight excluding hydrogens is 160 g/mol. The standard InChI is InChI=1S/C12H14O/c1-9(2)11-8-7-10-5-3-4-6-12(10)13-11/h3-6,11H,1,7-8H2,2H3/t11-/m1/s1. The van der Waals surface area contributed by atoms with Crippen molar-refractivity contribution in [2.45, 2.75) is 25.9 Å². The van der Waals surface area contributed by atoms with Crippen molar-refractivity contribution in [1.82, 2.24) is 0 Å². The average molecular weight is 174 g/mol. The molecule has 0 aliphatic carbocycles. The van der Waals surface area contributed by atoms with E-state index in [1.807, 2.05) is 19.1 Å². The molecule has 1 heterocycles. The van der Waals surface area contributed by atoms with Crippen molar-refractivity contribution < 1.29 is 4.74 Å². The van der Waals surface area contributed by atoms with Gasteiger partial charge in [-0.1, -0.05) is 24.8 Å². The summed E-state index contributed by atoms with van der Waals surface area (Å²) in [5.41, 5.74) is 2.44.